The molecule has 4 rings (SSSR count). The first kappa shape index (κ1) is 17.7. The molecule has 4 nitrogen and oxygen atoms in total. The van der Waals surface area contributed by atoms with Crippen LogP contribution < -0.4 is 10.1 Å². The van der Waals surface area contributed by atoms with Crippen molar-refractivity contribution in [2.24, 2.45) is 0 Å². The van der Waals surface area contributed by atoms with Gasteiger partial charge in [0.15, 0.2) is 0 Å². The van der Waals surface area contributed by atoms with Gasteiger partial charge < -0.3 is 14.6 Å². The zero-order valence-electron chi connectivity index (χ0n) is 15.6. The lowest BCUT2D eigenvalue weighted by atomic mass is 9.89. The average Bonchev–Trinajstić information content (AvgIpc) is 3.01. The molecule has 1 aromatic carbocycles. The second-order valence-electron chi connectivity index (χ2n) is 6.55. The number of nitrogens with one attached hydrogen (secondary N) is 1. The smallest absolute Gasteiger partial charge is 0.144 e. The normalized spacial score (nSPS) is 16.6. The van der Waals surface area contributed by atoms with Crippen molar-refractivity contribution in [1.82, 2.24) is 14.9 Å². The van der Waals surface area contributed by atoms with Gasteiger partial charge in [-0.05, 0) is 62.0 Å². The number of piperidine rings is 1. The molecule has 1 fully saturated rings. The van der Waals surface area contributed by atoms with Crippen molar-refractivity contribution in [3.8, 4) is 17.1 Å². The molecule has 0 saturated carbocycles. The van der Waals surface area contributed by atoms with E-state index in [1.807, 2.05) is 20.8 Å². The maximum Gasteiger partial charge on any atom is 0.144 e. The first-order valence-corrected chi connectivity index (χ1v) is 9.43. The molecule has 0 bridgehead atoms. The molecule has 0 atom stereocenters. The third-order valence-electron chi connectivity index (χ3n) is 4.86. The largest absolute Gasteiger partial charge is 0.491 e. The van der Waals surface area contributed by atoms with Crippen LogP contribution >= 0.6 is 0 Å². The number of hydrogen-bond donors (Lipinski definition) is 1. The summed E-state index contributed by atoms with van der Waals surface area (Å²) in [4.78, 5) is 4.77. The maximum atomic E-state index is 6.02. The van der Waals surface area contributed by atoms with E-state index in [0.29, 0.717) is 12.5 Å². The molecular weight excluding hydrogens is 310 g/mol. The fourth-order valence-electron chi connectivity index (χ4n) is 3.51. The minimum atomic E-state index is 0.638. The highest BCUT2D eigenvalue weighted by molar-refractivity contribution is 5.69. The van der Waals surface area contributed by atoms with Gasteiger partial charge in [0.05, 0.1) is 17.8 Å². The number of benzene rings is 1. The van der Waals surface area contributed by atoms with Crippen molar-refractivity contribution in [2.45, 2.75) is 46.1 Å². The Kier molecular flexibility index (Phi) is 5.59. The van der Waals surface area contributed by atoms with Crippen LogP contribution in [0.5, 0.6) is 5.75 Å². The second kappa shape index (κ2) is 7.87. The van der Waals surface area contributed by atoms with Crippen molar-refractivity contribution in [2.75, 3.05) is 19.7 Å². The van der Waals surface area contributed by atoms with Crippen LogP contribution in [-0.4, -0.2) is 29.2 Å². The fraction of sp³-hybridized carbons (Fsp3) is 0.476. The highest BCUT2D eigenvalue weighted by Gasteiger charge is 2.21. The molecule has 0 spiro atoms. The average molecular weight is 339 g/mol. The summed E-state index contributed by atoms with van der Waals surface area (Å²) in [5.74, 6) is 2.60. The first-order chi connectivity index (χ1) is 12.2. The number of aromatic nitrogens is 2. The minimum Gasteiger partial charge on any atom is -0.491 e. The van der Waals surface area contributed by atoms with Crippen LogP contribution in [0.4, 0.5) is 0 Å². The van der Waals surface area contributed by atoms with Gasteiger partial charge in [0.2, 0.25) is 0 Å². The van der Waals surface area contributed by atoms with Crippen LogP contribution in [0.2, 0.25) is 0 Å². The number of imidazole rings is 1. The highest BCUT2D eigenvalue weighted by atomic mass is 16.5. The van der Waals surface area contributed by atoms with Crippen LogP contribution in [0.25, 0.3) is 17.0 Å². The summed E-state index contributed by atoms with van der Waals surface area (Å²) >= 11 is 0. The number of fused-ring (bicyclic) bond motifs is 3. The summed E-state index contributed by atoms with van der Waals surface area (Å²) in [7, 11) is 0. The number of ether oxygens (including phenoxy) is 1. The summed E-state index contributed by atoms with van der Waals surface area (Å²) < 4.78 is 8.20. The molecule has 25 heavy (non-hydrogen) atoms. The second-order valence-corrected chi connectivity index (χ2v) is 6.55. The zero-order chi connectivity index (χ0) is 17.8. The van der Waals surface area contributed by atoms with Crippen molar-refractivity contribution in [1.29, 1.82) is 0 Å². The Morgan fingerprint density at radius 3 is 2.76 bits per heavy atom. The Bertz CT molecular complexity index is 742. The summed E-state index contributed by atoms with van der Waals surface area (Å²) in [6.45, 7) is 13.7. The van der Waals surface area contributed by atoms with Gasteiger partial charge in [0.25, 0.3) is 0 Å². The molecule has 3 heterocycles. The first-order valence-electron chi connectivity index (χ1n) is 9.43. The number of hydrogen-bond acceptors (Lipinski definition) is 3. The molecule has 0 radical (unpaired) electrons. The SMILES string of the molecule is C=C(C)c1cn2c(n1)-c1ccc(C3CCNCC3)cc1OCC2.CC. The van der Waals surface area contributed by atoms with E-state index in [2.05, 4.69) is 40.9 Å². The summed E-state index contributed by atoms with van der Waals surface area (Å²) in [5.41, 5.74) is 4.45. The monoisotopic (exact) mass is 339 g/mol. The van der Waals surface area contributed by atoms with Crippen molar-refractivity contribution < 1.29 is 4.74 Å². The van der Waals surface area contributed by atoms with Crippen molar-refractivity contribution in [3.63, 3.8) is 0 Å². The molecular formula is C21H29N3O. The van der Waals surface area contributed by atoms with Gasteiger partial charge in [-0.15, -0.1) is 0 Å². The van der Waals surface area contributed by atoms with E-state index in [4.69, 9.17) is 9.72 Å². The standard InChI is InChI=1S/C19H23N3O.C2H6/c1-13(2)17-12-22-9-10-23-18-11-15(14-5-7-20-8-6-14)3-4-16(18)19(22)21-17;1-2/h3-4,11-12,14,20H,1,5-10H2,2H3;1-2H3. The topological polar surface area (TPSA) is 39.1 Å². The number of allylic oxidation sites excluding steroid dienone is 1. The van der Waals surface area contributed by atoms with Gasteiger partial charge in [-0.3, -0.25) is 0 Å². The Morgan fingerprint density at radius 1 is 1.28 bits per heavy atom. The number of rotatable bonds is 2. The van der Waals surface area contributed by atoms with Gasteiger partial charge in [-0.25, -0.2) is 4.98 Å². The van der Waals surface area contributed by atoms with Crippen LogP contribution in [0.15, 0.2) is 31.0 Å². The van der Waals surface area contributed by atoms with Crippen LogP contribution in [0, 0.1) is 0 Å². The third-order valence-corrected chi connectivity index (χ3v) is 4.86. The van der Waals surface area contributed by atoms with E-state index >= 15 is 0 Å². The Hall–Kier alpha value is -2.07. The lowest BCUT2D eigenvalue weighted by molar-refractivity contribution is 0.306. The van der Waals surface area contributed by atoms with Gasteiger partial charge in [-0.2, -0.15) is 0 Å². The van der Waals surface area contributed by atoms with E-state index in [9.17, 15) is 0 Å². The van der Waals surface area contributed by atoms with Crippen LogP contribution in [-0.2, 0) is 6.54 Å². The van der Waals surface area contributed by atoms with Crippen molar-refractivity contribution >= 4 is 5.57 Å². The quantitative estimate of drug-likeness (QED) is 0.877. The molecule has 0 amide bonds. The Labute approximate surface area is 150 Å². The number of nitrogens with zero attached hydrogens (tertiary/aromatic N) is 2. The third kappa shape index (κ3) is 3.64. The van der Waals surface area contributed by atoms with Crippen molar-refractivity contribution in [3.05, 3.63) is 42.2 Å². The van der Waals surface area contributed by atoms with E-state index in [1.165, 1.54) is 18.4 Å². The van der Waals surface area contributed by atoms with Gasteiger partial charge >= 0.3 is 0 Å². The molecule has 1 N–H and O–H groups in total. The molecule has 2 aliphatic rings. The predicted octanol–water partition coefficient (Wildman–Crippen LogP) is 4.47. The summed E-state index contributed by atoms with van der Waals surface area (Å²) in [5, 5.41) is 3.43. The summed E-state index contributed by atoms with van der Waals surface area (Å²) in [6.07, 6.45) is 4.48. The Balaban J connectivity index is 0.000000880. The maximum absolute atomic E-state index is 6.02. The molecule has 1 aromatic heterocycles. The highest BCUT2D eigenvalue weighted by Crippen LogP contribution is 2.36. The molecule has 2 aromatic rings. The van der Waals surface area contributed by atoms with E-state index in [0.717, 1.165) is 48.0 Å². The summed E-state index contributed by atoms with van der Waals surface area (Å²) in [6, 6.07) is 6.66. The predicted molar refractivity (Wildman–Crippen MR) is 104 cm³/mol. The van der Waals surface area contributed by atoms with Gasteiger partial charge in [-0.1, -0.05) is 26.5 Å². The lowest BCUT2D eigenvalue weighted by Crippen LogP contribution is -2.26. The zero-order valence-corrected chi connectivity index (χ0v) is 15.6. The molecule has 1 saturated heterocycles. The van der Waals surface area contributed by atoms with Gasteiger partial charge in [0, 0.05) is 6.20 Å². The van der Waals surface area contributed by atoms with E-state index in [1.54, 1.807) is 0 Å². The fourth-order valence-corrected chi connectivity index (χ4v) is 3.51. The Morgan fingerprint density at radius 2 is 2.04 bits per heavy atom. The van der Waals surface area contributed by atoms with Gasteiger partial charge in [0.1, 0.15) is 18.2 Å². The molecule has 2 aliphatic heterocycles. The molecule has 4 heteroatoms. The lowest BCUT2D eigenvalue weighted by Gasteiger charge is -2.23. The van der Waals surface area contributed by atoms with E-state index in [-0.39, 0.29) is 0 Å². The molecule has 0 unspecified atom stereocenters. The molecule has 0 aliphatic carbocycles. The van der Waals surface area contributed by atoms with Crippen LogP contribution in [0.1, 0.15) is 50.8 Å². The molecule has 134 valence electrons. The minimum absolute atomic E-state index is 0.638. The van der Waals surface area contributed by atoms with E-state index < -0.39 is 0 Å². The van der Waals surface area contributed by atoms with Crippen LogP contribution in [0.3, 0.4) is 0 Å².